The molecule has 1 N–H and O–H groups in total. The van der Waals surface area contributed by atoms with Gasteiger partial charge in [0.1, 0.15) is 5.82 Å². The number of carboxylic acids is 1. The Bertz CT molecular complexity index is 1000. The summed E-state index contributed by atoms with van der Waals surface area (Å²) in [7, 11) is 1.60. The molecule has 0 saturated carbocycles. The Labute approximate surface area is 185 Å². The zero-order valence-electron chi connectivity index (χ0n) is 17.5. The van der Waals surface area contributed by atoms with E-state index in [9.17, 15) is 14.3 Å². The molecule has 0 fully saturated rings. The summed E-state index contributed by atoms with van der Waals surface area (Å²) in [4.78, 5) is 13.5. The molecule has 3 rings (SSSR count). The number of rotatable bonds is 9. The Morgan fingerprint density at radius 2 is 2.27 bits per heavy atom. The SMILES string of the molecule is C=CC(Cl)C/C=C(\C)Sc1c2n(c3cc(F)cc(C(C)OC)c13)CCC2CC(=O)O. The predicted octanol–water partition coefficient (Wildman–Crippen LogP) is 6.63. The number of hydrogen-bond acceptors (Lipinski definition) is 3. The van der Waals surface area contributed by atoms with Crippen LogP contribution in [0.3, 0.4) is 0 Å². The van der Waals surface area contributed by atoms with Crippen LogP contribution < -0.4 is 0 Å². The van der Waals surface area contributed by atoms with Gasteiger partial charge in [-0.2, -0.15) is 0 Å². The lowest BCUT2D eigenvalue weighted by Crippen LogP contribution is -2.04. The predicted molar refractivity (Wildman–Crippen MR) is 121 cm³/mol. The first-order valence-corrected chi connectivity index (χ1v) is 11.2. The number of aliphatic carboxylic acids is 1. The van der Waals surface area contributed by atoms with Crippen molar-refractivity contribution in [1.29, 1.82) is 0 Å². The molecular weight excluding hydrogens is 425 g/mol. The number of aryl methyl sites for hydroxylation is 1. The number of benzene rings is 1. The molecule has 0 amide bonds. The number of aromatic nitrogens is 1. The van der Waals surface area contributed by atoms with Gasteiger partial charge in [0.05, 0.1) is 23.4 Å². The first-order chi connectivity index (χ1) is 14.3. The van der Waals surface area contributed by atoms with Crippen molar-refractivity contribution in [2.75, 3.05) is 7.11 Å². The number of thioether (sulfide) groups is 1. The highest BCUT2D eigenvalue weighted by atomic mass is 35.5. The molecule has 0 radical (unpaired) electrons. The monoisotopic (exact) mass is 451 g/mol. The van der Waals surface area contributed by atoms with E-state index in [1.54, 1.807) is 31.0 Å². The van der Waals surface area contributed by atoms with E-state index in [-0.39, 0.29) is 29.6 Å². The van der Waals surface area contributed by atoms with Gasteiger partial charge in [0.2, 0.25) is 0 Å². The van der Waals surface area contributed by atoms with Gasteiger partial charge in [-0.25, -0.2) is 4.39 Å². The summed E-state index contributed by atoms with van der Waals surface area (Å²) < 4.78 is 22.1. The van der Waals surface area contributed by atoms with E-state index < -0.39 is 5.97 Å². The number of carboxylic acid groups (broad SMARTS) is 1. The molecule has 3 atom stereocenters. The zero-order chi connectivity index (χ0) is 22.0. The third-order valence-corrected chi connectivity index (χ3v) is 7.07. The summed E-state index contributed by atoms with van der Waals surface area (Å²) in [5, 5.41) is 10.2. The minimum atomic E-state index is -0.824. The molecule has 1 aromatic carbocycles. The molecule has 0 aliphatic carbocycles. The van der Waals surface area contributed by atoms with E-state index in [0.29, 0.717) is 13.0 Å². The number of ether oxygens (including phenoxy) is 1. The van der Waals surface area contributed by atoms with Gasteiger partial charge in [-0.1, -0.05) is 23.9 Å². The molecule has 2 aromatic rings. The van der Waals surface area contributed by atoms with E-state index in [2.05, 4.69) is 17.2 Å². The maximum Gasteiger partial charge on any atom is 0.304 e. The van der Waals surface area contributed by atoms with Crippen molar-refractivity contribution < 1.29 is 19.0 Å². The molecule has 1 aliphatic heterocycles. The molecule has 162 valence electrons. The molecule has 2 heterocycles. The maximum atomic E-state index is 14.5. The van der Waals surface area contributed by atoms with Crippen LogP contribution in [0.15, 0.2) is 40.7 Å². The van der Waals surface area contributed by atoms with Crippen LogP contribution in [-0.2, 0) is 16.1 Å². The van der Waals surface area contributed by atoms with Gasteiger partial charge in [0.25, 0.3) is 0 Å². The van der Waals surface area contributed by atoms with Crippen molar-refractivity contribution in [3.8, 4) is 0 Å². The summed E-state index contributed by atoms with van der Waals surface area (Å²) in [5.41, 5.74) is 2.56. The first kappa shape index (κ1) is 22.9. The molecule has 30 heavy (non-hydrogen) atoms. The van der Waals surface area contributed by atoms with Crippen molar-refractivity contribution >= 4 is 40.2 Å². The van der Waals surface area contributed by atoms with Crippen LogP contribution in [0.4, 0.5) is 4.39 Å². The van der Waals surface area contributed by atoms with Crippen molar-refractivity contribution in [2.45, 2.75) is 61.9 Å². The number of alkyl halides is 1. The third kappa shape index (κ3) is 4.61. The van der Waals surface area contributed by atoms with E-state index in [4.69, 9.17) is 16.3 Å². The molecule has 4 nitrogen and oxygen atoms in total. The number of carbonyl (C=O) groups is 1. The maximum absolute atomic E-state index is 14.5. The van der Waals surface area contributed by atoms with Crippen LogP contribution in [0.5, 0.6) is 0 Å². The minimum absolute atomic E-state index is 0.0600. The normalized spacial score (nSPS) is 18.4. The smallest absolute Gasteiger partial charge is 0.304 e. The molecule has 7 heteroatoms. The lowest BCUT2D eigenvalue weighted by Gasteiger charge is -2.15. The largest absolute Gasteiger partial charge is 0.481 e. The zero-order valence-corrected chi connectivity index (χ0v) is 19.0. The Hall–Kier alpha value is -1.76. The summed E-state index contributed by atoms with van der Waals surface area (Å²) in [6, 6.07) is 3.07. The van der Waals surface area contributed by atoms with Crippen molar-refractivity contribution in [3.05, 3.63) is 52.8 Å². The van der Waals surface area contributed by atoms with Gasteiger partial charge in [-0.05, 0) is 49.3 Å². The van der Waals surface area contributed by atoms with E-state index in [0.717, 1.165) is 38.4 Å². The number of fused-ring (bicyclic) bond motifs is 3. The van der Waals surface area contributed by atoms with Crippen LogP contribution in [-0.4, -0.2) is 28.1 Å². The second kappa shape index (κ2) is 9.58. The quantitative estimate of drug-likeness (QED) is 0.264. The fraction of sp³-hybridized carbons (Fsp3) is 0.435. The highest BCUT2D eigenvalue weighted by molar-refractivity contribution is 8.03. The van der Waals surface area contributed by atoms with Crippen LogP contribution in [0, 0.1) is 5.82 Å². The summed E-state index contributed by atoms with van der Waals surface area (Å²) in [6.45, 7) is 8.30. The Morgan fingerprint density at radius 3 is 2.90 bits per heavy atom. The average molecular weight is 452 g/mol. The van der Waals surface area contributed by atoms with Gasteiger partial charge in [-0.15, -0.1) is 18.2 Å². The van der Waals surface area contributed by atoms with Crippen LogP contribution in [0.1, 0.15) is 56.4 Å². The average Bonchev–Trinajstić information content (AvgIpc) is 3.24. The van der Waals surface area contributed by atoms with Crippen LogP contribution >= 0.6 is 23.4 Å². The Balaban J connectivity index is 2.19. The van der Waals surface area contributed by atoms with Crippen molar-refractivity contribution in [2.24, 2.45) is 0 Å². The van der Waals surface area contributed by atoms with Crippen molar-refractivity contribution in [1.82, 2.24) is 4.57 Å². The number of hydrogen-bond donors (Lipinski definition) is 1. The molecule has 1 aliphatic rings. The van der Waals surface area contributed by atoms with Gasteiger partial charge >= 0.3 is 5.97 Å². The number of nitrogens with zero attached hydrogens (tertiary/aromatic N) is 1. The minimum Gasteiger partial charge on any atom is -0.481 e. The van der Waals surface area contributed by atoms with Gasteiger partial charge in [0, 0.05) is 35.5 Å². The second-order valence-corrected chi connectivity index (χ2v) is 9.44. The fourth-order valence-corrected chi connectivity index (χ4v) is 5.36. The molecule has 0 bridgehead atoms. The standard InChI is InChI=1S/C23H27ClFNO3S/c1-5-16(24)7-6-13(2)30-23-21-18(14(3)29-4)11-17(25)12-19(21)26-9-8-15(22(23)26)10-20(27)28/h5-6,11-12,14-16H,1,7-10H2,2-4H3,(H,27,28)/b13-6+. The summed E-state index contributed by atoms with van der Waals surface area (Å²) in [5.74, 6) is -1.24. The van der Waals surface area contributed by atoms with Crippen LogP contribution in [0.25, 0.3) is 10.9 Å². The summed E-state index contributed by atoms with van der Waals surface area (Å²) >= 11 is 7.76. The van der Waals surface area contributed by atoms with Gasteiger partial charge in [-0.3, -0.25) is 4.79 Å². The fourth-order valence-electron chi connectivity index (χ4n) is 4.06. The van der Waals surface area contributed by atoms with Crippen molar-refractivity contribution in [3.63, 3.8) is 0 Å². The molecule has 0 spiro atoms. The summed E-state index contributed by atoms with van der Waals surface area (Å²) in [6.07, 6.45) is 4.92. The lowest BCUT2D eigenvalue weighted by atomic mass is 9.98. The van der Waals surface area contributed by atoms with Crippen LogP contribution in [0.2, 0.25) is 0 Å². The van der Waals surface area contributed by atoms with Gasteiger partial charge in [0.15, 0.2) is 0 Å². The Morgan fingerprint density at radius 1 is 1.53 bits per heavy atom. The number of allylic oxidation sites excluding steroid dienone is 3. The molecule has 0 saturated heterocycles. The van der Waals surface area contributed by atoms with E-state index >= 15 is 0 Å². The van der Waals surface area contributed by atoms with Gasteiger partial charge < -0.3 is 14.4 Å². The highest BCUT2D eigenvalue weighted by Crippen LogP contribution is 2.48. The molecule has 3 unspecified atom stereocenters. The molecule has 1 aromatic heterocycles. The van der Waals surface area contributed by atoms with E-state index in [1.165, 1.54) is 6.07 Å². The van der Waals surface area contributed by atoms with E-state index in [1.807, 2.05) is 13.8 Å². The molecular formula is C23H27ClFNO3S. The third-order valence-electron chi connectivity index (χ3n) is 5.60. The topological polar surface area (TPSA) is 51.5 Å². The highest BCUT2D eigenvalue weighted by Gasteiger charge is 2.33. The second-order valence-electron chi connectivity index (χ2n) is 7.62. The number of halogens is 2. The lowest BCUT2D eigenvalue weighted by molar-refractivity contribution is -0.137. The Kier molecular flexibility index (Phi) is 7.32. The number of methoxy groups -OCH3 is 1. The first-order valence-electron chi connectivity index (χ1n) is 9.98.